The average molecular weight is 527 g/mol. The fourth-order valence-electron chi connectivity index (χ4n) is 3.14. The summed E-state index contributed by atoms with van der Waals surface area (Å²) in [6, 6.07) is 0. The topological polar surface area (TPSA) is 136 Å². The van der Waals surface area contributed by atoms with Crippen LogP contribution >= 0.6 is 19.6 Å². The van der Waals surface area contributed by atoms with E-state index >= 15 is 0 Å². The standard InChI is InChI=1S/C23H43O9PS/c1-3-4-5-9-13-16-23(26)32-21(19-31-33(27,28)29)18-30-22(25)15-12-10-7-6-8-11-14-17-34-20(2)24/h21H,3-19H2,1-2H3,(H2,27,28,29)/t21-/m0/s1. The van der Waals surface area contributed by atoms with Gasteiger partial charge in [-0.3, -0.25) is 18.9 Å². The molecule has 0 aromatic rings. The van der Waals surface area contributed by atoms with Gasteiger partial charge in [-0.25, -0.2) is 4.57 Å². The molecule has 0 aliphatic heterocycles. The number of phosphoric acid groups is 1. The number of thioether (sulfide) groups is 1. The van der Waals surface area contributed by atoms with Crippen LogP contribution in [0.3, 0.4) is 0 Å². The van der Waals surface area contributed by atoms with E-state index in [0.29, 0.717) is 12.8 Å². The van der Waals surface area contributed by atoms with E-state index in [1.165, 1.54) is 11.8 Å². The van der Waals surface area contributed by atoms with Crippen LogP contribution in [0.15, 0.2) is 0 Å². The molecule has 0 radical (unpaired) electrons. The Morgan fingerprint density at radius 2 is 1.32 bits per heavy atom. The van der Waals surface area contributed by atoms with Gasteiger partial charge < -0.3 is 19.3 Å². The van der Waals surface area contributed by atoms with Gasteiger partial charge in [0.15, 0.2) is 11.2 Å². The lowest BCUT2D eigenvalue weighted by molar-refractivity contribution is -0.161. The van der Waals surface area contributed by atoms with Crippen molar-refractivity contribution in [3.05, 3.63) is 0 Å². The first kappa shape index (κ1) is 33.1. The Labute approximate surface area is 208 Å². The number of carbonyl (C=O) groups is 3. The summed E-state index contributed by atoms with van der Waals surface area (Å²) in [6.45, 7) is 2.82. The molecule has 0 spiro atoms. The van der Waals surface area contributed by atoms with E-state index in [4.69, 9.17) is 19.3 Å². The Morgan fingerprint density at radius 3 is 1.88 bits per heavy atom. The zero-order chi connectivity index (χ0) is 25.7. The molecule has 0 heterocycles. The van der Waals surface area contributed by atoms with Crippen molar-refractivity contribution >= 4 is 36.6 Å². The molecule has 1 atom stereocenters. The molecule has 11 heteroatoms. The number of esters is 2. The second-order valence-corrected chi connectivity index (χ2v) is 10.8. The summed E-state index contributed by atoms with van der Waals surface area (Å²) in [7, 11) is -4.73. The van der Waals surface area contributed by atoms with Gasteiger partial charge in [0.05, 0.1) is 6.61 Å². The lowest BCUT2D eigenvalue weighted by atomic mass is 10.1. The molecule has 0 aliphatic rings. The lowest BCUT2D eigenvalue weighted by Gasteiger charge is -2.18. The second kappa shape index (κ2) is 21.4. The first-order valence-electron chi connectivity index (χ1n) is 12.3. The van der Waals surface area contributed by atoms with Gasteiger partial charge in [0, 0.05) is 25.5 Å². The lowest BCUT2D eigenvalue weighted by Crippen LogP contribution is -2.29. The molecule has 34 heavy (non-hydrogen) atoms. The predicted molar refractivity (Wildman–Crippen MR) is 132 cm³/mol. The second-order valence-electron chi connectivity index (χ2n) is 8.31. The van der Waals surface area contributed by atoms with Crippen LogP contribution in [0.1, 0.15) is 104 Å². The van der Waals surface area contributed by atoms with Crippen molar-refractivity contribution in [2.24, 2.45) is 0 Å². The summed E-state index contributed by atoms with van der Waals surface area (Å²) in [4.78, 5) is 52.6. The van der Waals surface area contributed by atoms with E-state index in [1.807, 2.05) is 0 Å². The molecular formula is C23H43O9PS. The van der Waals surface area contributed by atoms with Crippen LogP contribution in [0.4, 0.5) is 0 Å². The van der Waals surface area contributed by atoms with Gasteiger partial charge >= 0.3 is 19.8 Å². The van der Waals surface area contributed by atoms with Gasteiger partial charge in [0.2, 0.25) is 0 Å². The monoisotopic (exact) mass is 526 g/mol. The third kappa shape index (κ3) is 24.2. The minimum absolute atomic E-state index is 0.156. The smallest absolute Gasteiger partial charge is 0.462 e. The van der Waals surface area contributed by atoms with Crippen molar-refractivity contribution in [1.29, 1.82) is 0 Å². The fourth-order valence-corrected chi connectivity index (χ4v) is 4.14. The van der Waals surface area contributed by atoms with Crippen molar-refractivity contribution < 1.29 is 42.7 Å². The Morgan fingerprint density at radius 1 is 0.794 bits per heavy atom. The zero-order valence-electron chi connectivity index (χ0n) is 20.7. The molecule has 0 bridgehead atoms. The Kier molecular flexibility index (Phi) is 20.8. The van der Waals surface area contributed by atoms with E-state index in [1.54, 1.807) is 6.92 Å². The molecule has 0 amide bonds. The molecule has 0 aliphatic carbocycles. The molecule has 0 saturated carbocycles. The summed E-state index contributed by atoms with van der Waals surface area (Å²) in [5.74, 6) is -0.0832. The first-order chi connectivity index (χ1) is 16.1. The Balaban J connectivity index is 4.06. The fraction of sp³-hybridized carbons (Fsp3) is 0.870. The minimum Gasteiger partial charge on any atom is -0.462 e. The summed E-state index contributed by atoms with van der Waals surface area (Å²) >= 11 is 1.36. The Hall–Kier alpha value is -0.930. The van der Waals surface area contributed by atoms with Crippen LogP contribution in [0.5, 0.6) is 0 Å². The summed E-state index contributed by atoms with van der Waals surface area (Å²) in [5.41, 5.74) is 0. The quantitative estimate of drug-likeness (QED) is 0.108. The molecule has 200 valence electrons. The van der Waals surface area contributed by atoms with E-state index < -0.39 is 32.5 Å². The summed E-state index contributed by atoms with van der Waals surface area (Å²) in [5, 5.41) is 0.156. The maximum atomic E-state index is 12.0. The molecule has 0 rings (SSSR count). The first-order valence-corrected chi connectivity index (χ1v) is 14.8. The normalized spacial score (nSPS) is 12.4. The molecule has 0 fully saturated rings. The summed E-state index contributed by atoms with van der Waals surface area (Å²) < 4.78 is 25.8. The van der Waals surface area contributed by atoms with Crippen LogP contribution in [0.25, 0.3) is 0 Å². The molecule has 9 nitrogen and oxygen atoms in total. The van der Waals surface area contributed by atoms with Crippen LogP contribution in [-0.4, -0.2) is 51.9 Å². The highest BCUT2D eigenvalue weighted by atomic mass is 32.2. The number of ether oxygens (including phenoxy) is 2. The van der Waals surface area contributed by atoms with Gasteiger partial charge in [0.1, 0.15) is 6.61 Å². The van der Waals surface area contributed by atoms with E-state index in [-0.39, 0.29) is 24.6 Å². The Bertz CT molecular complexity index is 609. The maximum absolute atomic E-state index is 12.0. The minimum atomic E-state index is -4.73. The highest BCUT2D eigenvalue weighted by Gasteiger charge is 2.22. The van der Waals surface area contributed by atoms with Crippen molar-refractivity contribution in [2.45, 2.75) is 110 Å². The number of hydrogen-bond donors (Lipinski definition) is 2. The van der Waals surface area contributed by atoms with E-state index in [2.05, 4.69) is 11.4 Å². The number of hydrogen-bond acceptors (Lipinski definition) is 8. The van der Waals surface area contributed by atoms with Gasteiger partial charge in [-0.1, -0.05) is 76.5 Å². The SMILES string of the molecule is CCCCCCCC(=O)O[C@@H](COC(=O)CCCCCCCCCSC(C)=O)COP(=O)(O)O. The van der Waals surface area contributed by atoms with Crippen LogP contribution < -0.4 is 0 Å². The van der Waals surface area contributed by atoms with Gasteiger partial charge in [-0.15, -0.1) is 0 Å². The molecule has 2 N–H and O–H groups in total. The van der Waals surface area contributed by atoms with Crippen molar-refractivity contribution in [3.8, 4) is 0 Å². The highest BCUT2D eigenvalue weighted by molar-refractivity contribution is 8.13. The van der Waals surface area contributed by atoms with E-state index in [9.17, 15) is 18.9 Å². The molecule has 0 aromatic carbocycles. The molecule has 0 unspecified atom stereocenters. The third-order valence-corrected chi connectivity index (χ3v) is 6.36. The highest BCUT2D eigenvalue weighted by Crippen LogP contribution is 2.35. The van der Waals surface area contributed by atoms with Gasteiger partial charge in [-0.2, -0.15) is 0 Å². The average Bonchev–Trinajstić information content (AvgIpc) is 2.76. The van der Waals surface area contributed by atoms with Crippen LogP contribution in [0, 0.1) is 0 Å². The molecule has 0 saturated heterocycles. The van der Waals surface area contributed by atoms with Gasteiger partial charge in [-0.05, 0) is 19.3 Å². The molecule has 0 aromatic heterocycles. The summed E-state index contributed by atoms with van der Waals surface area (Å²) in [6.07, 6.45) is 11.1. The largest absolute Gasteiger partial charge is 0.469 e. The van der Waals surface area contributed by atoms with Crippen molar-refractivity contribution in [3.63, 3.8) is 0 Å². The predicted octanol–water partition coefficient (Wildman–Crippen LogP) is 5.31. The number of rotatable bonds is 22. The van der Waals surface area contributed by atoms with Crippen molar-refractivity contribution in [1.82, 2.24) is 0 Å². The number of carbonyl (C=O) groups excluding carboxylic acids is 3. The van der Waals surface area contributed by atoms with Crippen LogP contribution in [-0.2, 0) is 32.9 Å². The van der Waals surface area contributed by atoms with E-state index in [0.717, 1.165) is 70.0 Å². The molecular weight excluding hydrogens is 483 g/mol. The third-order valence-electron chi connectivity index (χ3n) is 4.97. The van der Waals surface area contributed by atoms with Crippen LogP contribution in [0.2, 0.25) is 0 Å². The number of unbranched alkanes of at least 4 members (excludes halogenated alkanes) is 10. The maximum Gasteiger partial charge on any atom is 0.469 e. The van der Waals surface area contributed by atoms with Gasteiger partial charge in [0.25, 0.3) is 0 Å². The zero-order valence-corrected chi connectivity index (χ0v) is 22.4. The number of phosphoric ester groups is 1. The van der Waals surface area contributed by atoms with Crippen molar-refractivity contribution in [2.75, 3.05) is 19.0 Å².